The number of nitrogens with one attached hydrogen (secondary N) is 1. The summed E-state index contributed by atoms with van der Waals surface area (Å²) in [5.41, 5.74) is 6.15. The number of aryl methyl sites for hydroxylation is 1. The molecule has 172 valence electrons. The number of tetrazole rings is 1. The number of aromatic amines is 1. The van der Waals surface area contributed by atoms with E-state index in [1.54, 1.807) is 0 Å². The highest BCUT2D eigenvalue weighted by Crippen LogP contribution is 2.35. The van der Waals surface area contributed by atoms with Gasteiger partial charge in [-0.25, -0.2) is 4.98 Å². The van der Waals surface area contributed by atoms with E-state index in [2.05, 4.69) is 87.6 Å². The van der Waals surface area contributed by atoms with Crippen molar-refractivity contribution >= 4 is 27.2 Å². The average Bonchev–Trinajstić information content (AvgIpc) is 3.48. The molecule has 3 heterocycles. The zero-order valence-corrected chi connectivity index (χ0v) is 20.4. The fourth-order valence-corrected chi connectivity index (χ4v) is 5.73. The van der Waals surface area contributed by atoms with E-state index in [9.17, 15) is 0 Å². The molecule has 0 atom stereocenters. The maximum Gasteiger partial charge on any atom is 0.207 e. The minimum atomic E-state index is 0.615. The molecule has 0 aliphatic carbocycles. The Kier molecular flexibility index (Phi) is 6.37. The summed E-state index contributed by atoms with van der Waals surface area (Å²) >= 11 is 1.81. The van der Waals surface area contributed by atoms with Crippen molar-refractivity contribution in [3.8, 4) is 11.4 Å². The van der Waals surface area contributed by atoms with E-state index in [4.69, 9.17) is 4.98 Å². The number of anilines is 1. The van der Waals surface area contributed by atoms with Crippen LogP contribution in [0.5, 0.6) is 0 Å². The van der Waals surface area contributed by atoms with Gasteiger partial charge in [0.1, 0.15) is 5.01 Å². The Labute approximate surface area is 198 Å². The first kappa shape index (κ1) is 22.0. The smallest absolute Gasteiger partial charge is 0.207 e. The largest absolute Gasteiger partial charge is 0.368 e. The Morgan fingerprint density at radius 2 is 1.91 bits per heavy atom. The van der Waals surface area contributed by atoms with Gasteiger partial charge < -0.3 is 4.90 Å². The Morgan fingerprint density at radius 3 is 2.61 bits per heavy atom. The standard InChI is InChI=1S/C25H31N7S/c1-4-19-14-18(13-17(2)3)15-21(24(19)25-27-29-30-28-25)32-11-9-31(10-12-32)16-23-26-20-7-5-6-8-22(20)33-23/h5-8,14-15,17H,4,9-13,16H2,1-3H3,(H,27,28,29,30). The van der Waals surface area contributed by atoms with Gasteiger partial charge in [0.05, 0.1) is 16.8 Å². The van der Waals surface area contributed by atoms with Gasteiger partial charge in [-0.15, -0.1) is 21.5 Å². The van der Waals surface area contributed by atoms with Gasteiger partial charge in [0.15, 0.2) is 0 Å². The molecule has 0 spiro atoms. The number of nitrogens with zero attached hydrogens (tertiary/aromatic N) is 6. The first-order valence-corrected chi connectivity index (χ1v) is 12.6. The summed E-state index contributed by atoms with van der Waals surface area (Å²) in [6, 6.07) is 13.1. The third-order valence-corrected chi connectivity index (χ3v) is 7.28. The van der Waals surface area contributed by atoms with Crippen LogP contribution in [0.3, 0.4) is 0 Å². The van der Waals surface area contributed by atoms with E-state index in [1.807, 2.05) is 11.3 Å². The lowest BCUT2D eigenvalue weighted by atomic mass is 9.94. The first-order chi connectivity index (χ1) is 16.1. The van der Waals surface area contributed by atoms with Crippen LogP contribution in [-0.2, 0) is 19.4 Å². The normalized spacial score (nSPS) is 15.1. The molecule has 8 heteroatoms. The van der Waals surface area contributed by atoms with Crippen LogP contribution in [0.2, 0.25) is 0 Å². The van der Waals surface area contributed by atoms with Crippen molar-refractivity contribution in [1.29, 1.82) is 0 Å². The molecule has 4 aromatic rings. The first-order valence-electron chi connectivity index (χ1n) is 11.8. The van der Waals surface area contributed by atoms with E-state index in [0.717, 1.165) is 56.6 Å². The number of piperazine rings is 1. The van der Waals surface area contributed by atoms with Gasteiger partial charge in [-0.3, -0.25) is 4.90 Å². The average molecular weight is 462 g/mol. The van der Waals surface area contributed by atoms with Crippen LogP contribution in [0, 0.1) is 5.92 Å². The second-order valence-electron chi connectivity index (χ2n) is 9.17. The molecule has 0 amide bonds. The summed E-state index contributed by atoms with van der Waals surface area (Å²) in [5.74, 6) is 1.30. The number of hydrogen-bond acceptors (Lipinski definition) is 7. The van der Waals surface area contributed by atoms with E-state index in [-0.39, 0.29) is 0 Å². The molecule has 1 saturated heterocycles. The monoisotopic (exact) mass is 461 g/mol. The summed E-state index contributed by atoms with van der Waals surface area (Å²) in [7, 11) is 0. The SMILES string of the molecule is CCc1cc(CC(C)C)cc(N2CCN(Cc3nc4ccccc4s3)CC2)c1-c1nn[nH]n1. The summed E-state index contributed by atoms with van der Waals surface area (Å²) in [5, 5.41) is 16.4. The van der Waals surface area contributed by atoms with Crippen LogP contribution < -0.4 is 4.90 Å². The topological polar surface area (TPSA) is 73.8 Å². The highest BCUT2D eigenvalue weighted by atomic mass is 32.1. The lowest BCUT2D eigenvalue weighted by Gasteiger charge is -2.37. The fraction of sp³-hybridized carbons (Fsp3) is 0.440. The van der Waals surface area contributed by atoms with Crippen molar-refractivity contribution in [1.82, 2.24) is 30.5 Å². The van der Waals surface area contributed by atoms with E-state index in [0.29, 0.717) is 11.7 Å². The molecule has 1 aliphatic rings. The predicted molar refractivity (Wildman–Crippen MR) is 135 cm³/mol. The molecule has 0 bridgehead atoms. The molecule has 0 saturated carbocycles. The number of hydrogen-bond donors (Lipinski definition) is 1. The van der Waals surface area contributed by atoms with Crippen molar-refractivity contribution in [3.05, 3.63) is 52.5 Å². The summed E-state index contributed by atoms with van der Waals surface area (Å²) in [4.78, 5) is 9.85. The highest BCUT2D eigenvalue weighted by molar-refractivity contribution is 7.18. The Balaban J connectivity index is 1.37. The maximum absolute atomic E-state index is 4.83. The molecule has 1 N–H and O–H groups in total. The molecule has 1 aliphatic heterocycles. The van der Waals surface area contributed by atoms with Crippen molar-refractivity contribution in [2.45, 2.75) is 40.2 Å². The van der Waals surface area contributed by atoms with Crippen LogP contribution in [-0.4, -0.2) is 56.7 Å². The van der Waals surface area contributed by atoms with Crippen LogP contribution in [0.4, 0.5) is 5.69 Å². The van der Waals surface area contributed by atoms with Crippen molar-refractivity contribution in [2.24, 2.45) is 5.92 Å². The van der Waals surface area contributed by atoms with Gasteiger partial charge in [0.2, 0.25) is 5.82 Å². The van der Waals surface area contributed by atoms with Crippen LogP contribution in [0.25, 0.3) is 21.6 Å². The zero-order valence-electron chi connectivity index (χ0n) is 19.6. The minimum absolute atomic E-state index is 0.615. The quantitative estimate of drug-likeness (QED) is 0.435. The van der Waals surface area contributed by atoms with Crippen LogP contribution >= 0.6 is 11.3 Å². The summed E-state index contributed by atoms with van der Waals surface area (Å²) in [6.45, 7) is 11.7. The molecule has 0 radical (unpaired) electrons. The lowest BCUT2D eigenvalue weighted by Crippen LogP contribution is -2.46. The van der Waals surface area contributed by atoms with Gasteiger partial charge in [-0.05, 0) is 53.3 Å². The van der Waals surface area contributed by atoms with Gasteiger partial charge >= 0.3 is 0 Å². The Hall–Kier alpha value is -2.84. The third kappa shape index (κ3) is 4.77. The molecular weight excluding hydrogens is 430 g/mol. The van der Waals surface area contributed by atoms with Crippen molar-refractivity contribution < 1.29 is 0 Å². The Morgan fingerprint density at radius 1 is 1.09 bits per heavy atom. The van der Waals surface area contributed by atoms with Crippen molar-refractivity contribution in [2.75, 3.05) is 31.1 Å². The second-order valence-corrected chi connectivity index (χ2v) is 10.3. The van der Waals surface area contributed by atoms with E-state index in [1.165, 1.54) is 26.5 Å². The number of para-hydroxylation sites is 1. The second kappa shape index (κ2) is 9.57. The predicted octanol–water partition coefficient (Wildman–Crippen LogP) is 4.56. The van der Waals surface area contributed by atoms with Gasteiger partial charge in [-0.1, -0.05) is 39.0 Å². The zero-order chi connectivity index (χ0) is 22.8. The summed E-state index contributed by atoms with van der Waals surface area (Å²) in [6.07, 6.45) is 2.02. The maximum atomic E-state index is 4.83. The Bertz CT molecular complexity index is 1170. The van der Waals surface area contributed by atoms with Crippen LogP contribution in [0.1, 0.15) is 36.9 Å². The number of fused-ring (bicyclic) bond motifs is 1. The minimum Gasteiger partial charge on any atom is -0.368 e. The molecule has 2 aromatic carbocycles. The molecule has 33 heavy (non-hydrogen) atoms. The molecule has 2 aromatic heterocycles. The molecule has 0 unspecified atom stereocenters. The third-order valence-electron chi connectivity index (χ3n) is 6.26. The van der Waals surface area contributed by atoms with Gasteiger partial charge in [0, 0.05) is 37.4 Å². The lowest BCUT2D eigenvalue weighted by molar-refractivity contribution is 0.249. The number of aromatic nitrogens is 5. The number of H-pyrrole nitrogens is 1. The number of thiazole rings is 1. The number of rotatable bonds is 7. The molecule has 7 nitrogen and oxygen atoms in total. The molecular formula is C25H31N7S. The summed E-state index contributed by atoms with van der Waals surface area (Å²) < 4.78 is 1.27. The van der Waals surface area contributed by atoms with Crippen LogP contribution in [0.15, 0.2) is 36.4 Å². The van der Waals surface area contributed by atoms with Gasteiger partial charge in [0.25, 0.3) is 0 Å². The van der Waals surface area contributed by atoms with E-state index < -0.39 is 0 Å². The molecule has 5 rings (SSSR count). The van der Waals surface area contributed by atoms with Gasteiger partial charge in [-0.2, -0.15) is 5.21 Å². The fourth-order valence-electron chi connectivity index (χ4n) is 4.72. The number of benzene rings is 2. The molecule has 1 fully saturated rings. The van der Waals surface area contributed by atoms with Crippen molar-refractivity contribution in [3.63, 3.8) is 0 Å². The highest BCUT2D eigenvalue weighted by Gasteiger charge is 2.24. The van der Waals surface area contributed by atoms with E-state index >= 15 is 0 Å².